The van der Waals surface area contributed by atoms with Crippen molar-refractivity contribution in [2.75, 3.05) is 86.4 Å². The minimum Gasteiger partial charge on any atom is -0.480 e. The second kappa shape index (κ2) is 17.6. The maximum atomic E-state index is 13.8. The Labute approximate surface area is 391 Å². The molecule has 3 aliphatic carbocycles. The first-order valence-electron chi connectivity index (χ1n) is 23.3. The first-order valence-corrected chi connectivity index (χ1v) is 23.3. The highest BCUT2D eigenvalue weighted by atomic mass is 16.5. The fraction of sp³-hybridized carbons (Fsp3) is 0.308. The summed E-state index contributed by atoms with van der Waals surface area (Å²) in [5.41, 5.74) is 8.77. The number of nitrogens with one attached hydrogen (secondary N) is 2. The molecular formula is C52H50N8O8. The number of carboxylic acids is 2. The summed E-state index contributed by atoms with van der Waals surface area (Å²) in [6.45, 7) is 6.93. The van der Waals surface area contributed by atoms with Crippen LogP contribution >= 0.6 is 0 Å². The standard InChI is InChI=1S/C31H30N4O4.C21H20N4O4/c36-29-22-8-4-5-9-23(22)30-27-26(29)24(32-20-12-10-19(11-13-20)31(37)38)18-25(28(27)33-39-30)35-16-14-34(15-17-35)21-6-2-1-3-7-21;1-24-6-8-25(9-7-24)15-10-14(22-11-16(26)27)17-18-19(15)23-29-21(18)13-5-3-2-4-12(13)20(17)28/h4-5,8-13,18,21,32H,1-3,6-7,14-17H2,(H,37,38);2-5,10,22H,6-9,11H2,1H3,(H,26,27). The Hall–Kier alpha value is -7.56. The van der Waals surface area contributed by atoms with Crippen LogP contribution in [0, 0.1) is 0 Å². The lowest BCUT2D eigenvalue weighted by molar-refractivity contribution is -0.134. The number of benzene rings is 5. The van der Waals surface area contributed by atoms with Crippen LogP contribution in [0.5, 0.6) is 0 Å². The van der Waals surface area contributed by atoms with Gasteiger partial charge in [0.15, 0.2) is 23.1 Å². The molecule has 4 N–H and O–H groups in total. The van der Waals surface area contributed by atoms with Crippen molar-refractivity contribution >= 4 is 73.7 Å². The van der Waals surface area contributed by atoms with Gasteiger partial charge < -0.3 is 44.6 Å². The second-order valence-electron chi connectivity index (χ2n) is 18.2. The number of carbonyl (C=O) groups is 4. The molecule has 0 radical (unpaired) electrons. The smallest absolute Gasteiger partial charge is 0.335 e. The van der Waals surface area contributed by atoms with Crippen molar-refractivity contribution in [1.29, 1.82) is 0 Å². The zero-order valence-electron chi connectivity index (χ0n) is 37.6. The van der Waals surface area contributed by atoms with Gasteiger partial charge in [0, 0.05) is 92.0 Å². The summed E-state index contributed by atoms with van der Waals surface area (Å²) in [4.78, 5) is 59.1. The van der Waals surface area contributed by atoms with Gasteiger partial charge in [0.1, 0.15) is 17.6 Å². The van der Waals surface area contributed by atoms with Crippen LogP contribution in [0.15, 0.2) is 94.0 Å². The molecule has 16 heteroatoms. The van der Waals surface area contributed by atoms with E-state index in [0.717, 1.165) is 74.7 Å². The summed E-state index contributed by atoms with van der Waals surface area (Å²) in [6, 6.07) is 25.8. The Bertz CT molecular complexity index is 3140. The molecule has 5 aromatic carbocycles. The number of carboxylic acid groups (broad SMARTS) is 2. The highest BCUT2D eigenvalue weighted by Crippen LogP contribution is 2.48. The Balaban J connectivity index is 0.000000156. The van der Waals surface area contributed by atoms with Crippen LogP contribution in [-0.2, 0) is 4.79 Å². The Morgan fingerprint density at radius 2 is 1.15 bits per heavy atom. The summed E-state index contributed by atoms with van der Waals surface area (Å²) in [5, 5.41) is 35.0. The van der Waals surface area contributed by atoms with Gasteiger partial charge in [-0.05, 0) is 56.3 Å². The van der Waals surface area contributed by atoms with Crippen molar-refractivity contribution < 1.29 is 38.4 Å². The van der Waals surface area contributed by atoms with Crippen LogP contribution in [-0.4, -0.2) is 126 Å². The maximum Gasteiger partial charge on any atom is 0.335 e. The number of aromatic carboxylic acids is 1. The van der Waals surface area contributed by atoms with Crippen molar-refractivity contribution in [3.8, 4) is 22.6 Å². The zero-order chi connectivity index (χ0) is 46.6. The molecule has 16 nitrogen and oxygen atoms in total. The number of aromatic nitrogens is 2. The highest BCUT2D eigenvalue weighted by Gasteiger charge is 2.36. The molecule has 12 rings (SSSR count). The van der Waals surface area contributed by atoms with E-state index < -0.39 is 11.9 Å². The average Bonchev–Trinajstić information content (AvgIpc) is 4.02. The van der Waals surface area contributed by atoms with Crippen LogP contribution in [0.1, 0.15) is 74.3 Å². The van der Waals surface area contributed by atoms with E-state index in [0.29, 0.717) is 78.9 Å². The highest BCUT2D eigenvalue weighted by molar-refractivity contribution is 6.30. The van der Waals surface area contributed by atoms with Crippen molar-refractivity contribution in [2.45, 2.75) is 38.1 Å². The molecule has 2 aromatic heterocycles. The molecule has 0 amide bonds. The third-order valence-electron chi connectivity index (χ3n) is 14.2. The lowest BCUT2D eigenvalue weighted by atomic mass is 9.86. The maximum absolute atomic E-state index is 13.8. The molecule has 2 aliphatic heterocycles. The Morgan fingerprint density at radius 3 is 1.68 bits per heavy atom. The largest absolute Gasteiger partial charge is 0.480 e. The van der Waals surface area contributed by atoms with Gasteiger partial charge in [-0.1, -0.05) is 78.1 Å². The van der Waals surface area contributed by atoms with E-state index in [2.05, 4.69) is 47.6 Å². The van der Waals surface area contributed by atoms with Gasteiger partial charge in [-0.25, -0.2) is 4.79 Å². The van der Waals surface area contributed by atoms with Gasteiger partial charge in [0.2, 0.25) is 0 Å². The molecule has 1 saturated carbocycles. The van der Waals surface area contributed by atoms with E-state index in [1.807, 2.05) is 48.5 Å². The predicted octanol–water partition coefficient (Wildman–Crippen LogP) is 8.22. The SMILES string of the molecule is CN1CCN(c2cc(NCC(=O)O)c3c4c(onc24)-c2ccccc2C3=O)CC1.O=C(O)c1ccc(Nc2cc(N3CCN(C4CCCCC4)CC3)c3noc4c3c2C(=O)c2ccccc2-4)cc1. The van der Waals surface area contributed by atoms with Gasteiger partial charge in [-0.3, -0.25) is 19.3 Å². The van der Waals surface area contributed by atoms with Crippen LogP contribution in [0.25, 0.3) is 44.5 Å². The summed E-state index contributed by atoms with van der Waals surface area (Å²) < 4.78 is 11.7. The number of piperazine rings is 2. The first-order chi connectivity index (χ1) is 33.1. The third-order valence-corrected chi connectivity index (χ3v) is 14.2. The van der Waals surface area contributed by atoms with Gasteiger partial charge in [0.05, 0.1) is 44.5 Å². The Morgan fingerprint density at radius 1 is 0.647 bits per heavy atom. The normalized spacial score (nSPS) is 17.1. The van der Waals surface area contributed by atoms with E-state index >= 15 is 0 Å². The number of ketones is 2. The van der Waals surface area contributed by atoms with E-state index in [-0.39, 0.29) is 23.7 Å². The third kappa shape index (κ3) is 7.58. The molecule has 0 bridgehead atoms. The number of carbonyl (C=O) groups excluding carboxylic acids is 2. The minimum absolute atomic E-state index is 0.0791. The van der Waals surface area contributed by atoms with E-state index in [9.17, 15) is 24.3 Å². The lowest BCUT2D eigenvalue weighted by Gasteiger charge is -2.41. The molecule has 0 unspecified atom stereocenters. The van der Waals surface area contributed by atoms with Crippen LogP contribution in [0.2, 0.25) is 0 Å². The molecule has 2 saturated heterocycles. The average molecular weight is 915 g/mol. The quantitative estimate of drug-likeness (QED) is 0.108. The van der Waals surface area contributed by atoms with Crippen LogP contribution < -0.4 is 20.4 Å². The first kappa shape index (κ1) is 43.0. The number of rotatable bonds is 9. The summed E-state index contributed by atoms with van der Waals surface area (Å²) in [6.07, 6.45) is 6.59. The molecule has 0 spiro atoms. The summed E-state index contributed by atoms with van der Waals surface area (Å²) >= 11 is 0. The molecule has 346 valence electrons. The van der Waals surface area contributed by atoms with Gasteiger partial charge >= 0.3 is 11.9 Å². The van der Waals surface area contributed by atoms with E-state index in [1.165, 1.54) is 32.1 Å². The number of fused-ring (bicyclic) bond motifs is 4. The second-order valence-corrected chi connectivity index (χ2v) is 18.2. The molecular weight excluding hydrogens is 865 g/mol. The molecule has 3 fully saturated rings. The van der Waals surface area contributed by atoms with Crippen LogP contribution in [0.4, 0.5) is 28.4 Å². The van der Waals surface area contributed by atoms with E-state index in [4.69, 9.17) is 14.2 Å². The molecule has 0 atom stereocenters. The molecule has 68 heavy (non-hydrogen) atoms. The van der Waals surface area contributed by atoms with Crippen molar-refractivity contribution in [1.82, 2.24) is 20.1 Å². The Kier molecular flexibility index (Phi) is 11.1. The molecule has 7 aromatic rings. The number of aliphatic carboxylic acids is 1. The minimum atomic E-state index is -0.993. The van der Waals surface area contributed by atoms with Crippen molar-refractivity contribution in [2.24, 2.45) is 0 Å². The molecule has 4 heterocycles. The van der Waals surface area contributed by atoms with Gasteiger partial charge in [-0.15, -0.1) is 0 Å². The number of hydrogen-bond acceptors (Lipinski definition) is 14. The van der Waals surface area contributed by atoms with Gasteiger partial charge in [-0.2, -0.15) is 0 Å². The predicted molar refractivity (Wildman–Crippen MR) is 259 cm³/mol. The number of nitrogens with zero attached hydrogens (tertiary/aromatic N) is 6. The summed E-state index contributed by atoms with van der Waals surface area (Å²) in [5.74, 6) is -1.04. The van der Waals surface area contributed by atoms with Crippen molar-refractivity contribution in [3.05, 3.63) is 113 Å². The monoisotopic (exact) mass is 914 g/mol. The number of hydrogen-bond donors (Lipinski definition) is 4. The lowest BCUT2D eigenvalue weighted by Crippen LogP contribution is -2.51. The zero-order valence-corrected chi connectivity index (χ0v) is 37.6. The van der Waals surface area contributed by atoms with Crippen LogP contribution in [0.3, 0.4) is 0 Å². The van der Waals surface area contributed by atoms with Crippen molar-refractivity contribution in [3.63, 3.8) is 0 Å². The summed E-state index contributed by atoms with van der Waals surface area (Å²) in [7, 11) is 2.08. The van der Waals surface area contributed by atoms with E-state index in [1.54, 1.807) is 36.4 Å². The number of likely N-dealkylation sites (N-methyl/N-ethyl adjacent to an activating group) is 1. The number of anilines is 5. The molecule has 5 aliphatic rings. The topological polar surface area (TPSA) is 198 Å². The fourth-order valence-electron chi connectivity index (χ4n) is 10.6. The fourth-order valence-corrected chi connectivity index (χ4v) is 10.6. The van der Waals surface area contributed by atoms with Gasteiger partial charge in [0.25, 0.3) is 0 Å².